The molecule has 3 aromatic rings. The van der Waals surface area contributed by atoms with E-state index in [2.05, 4.69) is 20.3 Å². The molecule has 2 aromatic heterocycles. The van der Waals surface area contributed by atoms with Gasteiger partial charge in [-0.25, -0.2) is 15.0 Å². The number of aromatic nitrogens is 3. The van der Waals surface area contributed by atoms with Gasteiger partial charge in [0.2, 0.25) is 11.9 Å². The molecule has 1 aliphatic heterocycles. The van der Waals surface area contributed by atoms with Crippen molar-refractivity contribution in [1.29, 1.82) is 0 Å². The summed E-state index contributed by atoms with van der Waals surface area (Å²) in [7, 11) is 0. The quantitative estimate of drug-likeness (QED) is 0.716. The molecule has 4 rings (SSSR count). The highest BCUT2D eigenvalue weighted by Gasteiger charge is 2.39. The molecule has 0 spiro atoms. The van der Waals surface area contributed by atoms with Crippen molar-refractivity contribution in [2.24, 2.45) is 0 Å². The molecule has 1 amide bonds. The van der Waals surface area contributed by atoms with Crippen LogP contribution in [0.4, 0.5) is 24.8 Å². The lowest BCUT2D eigenvalue weighted by Crippen LogP contribution is -2.36. The van der Waals surface area contributed by atoms with Gasteiger partial charge < -0.3 is 14.6 Å². The van der Waals surface area contributed by atoms with Crippen LogP contribution in [0.15, 0.2) is 41.3 Å². The number of rotatable bonds is 3. The Kier molecular flexibility index (Phi) is 4.69. The molecule has 0 saturated heterocycles. The maximum Gasteiger partial charge on any atom is 0.433 e. The number of alkyl halides is 3. The van der Waals surface area contributed by atoms with E-state index in [0.717, 1.165) is 5.56 Å². The van der Waals surface area contributed by atoms with Crippen LogP contribution in [0.25, 0.3) is 11.3 Å². The minimum atomic E-state index is -4.65. The van der Waals surface area contributed by atoms with Gasteiger partial charge in [-0.15, -0.1) is 0 Å². The van der Waals surface area contributed by atoms with E-state index in [-0.39, 0.29) is 30.4 Å². The van der Waals surface area contributed by atoms with Crippen molar-refractivity contribution in [3.05, 3.63) is 53.8 Å². The first-order chi connectivity index (χ1) is 13.8. The second kappa shape index (κ2) is 7.19. The average Bonchev–Trinajstić information content (AvgIpc) is 3.21. The molecule has 7 nitrogen and oxygen atoms in total. The largest absolute Gasteiger partial charge is 0.444 e. The van der Waals surface area contributed by atoms with Crippen LogP contribution in [0.3, 0.4) is 0 Å². The van der Waals surface area contributed by atoms with Crippen molar-refractivity contribution in [1.82, 2.24) is 19.9 Å². The molecular formula is C19H16F3N5O2. The van der Waals surface area contributed by atoms with E-state index in [1.807, 2.05) is 0 Å². The second-order valence-corrected chi connectivity index (χ2v) is 6.58. The predicted octanol–water partition coefficient (Wildman–Crippen LogP) is 3.80. The molecule has 150 valence electrons. The molecule has 0 radical (unpaired) electrons. The van der Waals surface area contributed by atoms with E-state index in [1.165, 1.54) is 18.2 Å². The number of hydrogen-bond acceptors (Lipinski definition) is 6. The molecular weight excluding hydrogens is 387 g/mol. The summed E-state index contributed by atoms with van der Waals surface area (Å²) in [6, 6.07) is 6.87. The topological polar surface area (TPSA) is 84.2 Å². The maximum atomic E-state index is 13.6. The number of nitrogens with zero attached hydrogens (tertiary/aromatic N) is 4. The van der Waals surface area contributed by atoms with Crippen molar-refractivity contribution in [2.75, 3.05) is 11.9 Å². The van der Waals surface area contributed by atoms with E-state index in [1.54, 1.807) is 30.5 Å². The average molecular weight is 403 g/mol. The van der Waals surface area contributed by atoms with Crippen molar-refractivity contribution in [3.63, 3.8) is 0 Å². The number of hydrogen-bond donors (Lipinski definition) is 1. The third-order valence-electron chi connectivity index (χ3n) is 4.63. The van der Waals surface area contributed by atoms with E-state index in [4.69, 9.17) is 4.42 Å². The van der Waals surface area contributed by atoms with Gasteiger partial charge in [0.15, 0.2) is 17.8 Å². The van der Waals surface area contributed by atoms with Crippen LogP contribution in [-0.2, 0) is 23.9 Å². The van der Waals surface area contributed by atoms with Crippen LogP contribution in [0.1, 0.15) is 23.9 Å². The van der Waals surface area contributed by atoms with E-state index >= 15 is 0 Å². The molecule has 29 heavy (non-hydrogen) atoms. The number of nitrogens with one attached hydrogen (secondary N) is 1. The zero-order valence-corrected chi connectivity index (χ0v) is 15.3. The van der Waals surface area contributed by atoms with E-state index in [0.29, 0.717) is 23.7 Å². The summed E-state index contributed by atoms with van der Waals surface area (Å²) in [5, 5.41) is 2.82. The fourth-order valence-corrected chi connectivity index (χ4v) is 3.18. The number of carbonyl (C=O) groups is 1. The van der Waals surface area contributed by atoms with Crippen LogP contribution < -0.4 is 5.32 Å². The third-order valence-corrected chi connectivity index (χ3v) is 4.63. The number of benzene rings is 1. The Hall–Kier alpha value is -3.43. The first-order valence-corrected chi connectivity index (χ1v) is 8.79. The third kappa shape index (κ3) is 3.91. The highest BCUT2D eigenvalue weighted by molar-refractivity contribution is 5.73. The van der Waals surface area contributed by atoms with E-state index < -0.39 is 11.9 Å². The van der Waals surface area contributed by atoms with Gasteiger partial charge in [-0.3, -0.25) is 4.79 Å². The minimum absolute atomic E-state index is 0.0508. The van der Waals surface area contributed by atoms with Crippen molar-refractivity contribution in [2.45, 2.75) is 26.1 Å². The van der Waals surface area contributed by atoms with Crippen LogP contribution in [0.2, 0.25) is 0 Å². The van der Waals surface area contributed by atoms with Crippen molar-refractivity contribution >= 4 is 17.5 Å². The monoisotopic (exact) mass is 403 g/mol. The molecule has 0 saturated carbocycles. The van der Waals surface area contributed by atoms with Crippen LogP contribution in [0.5, 0.6) is 0 Å². The summed E-state index contributed by atoms with van der Waals surface area (Å²) in [5.74, 6) is 0.161. The number of oxazole rings is 1. The fraction of sp³-hybridized carbons (Fsp3) is 0.263. The standard InChI is InChI=1S/C19H16F3N5O2/c1-11(28)27-7-6-15-14(9-27)17(19(20,21)22)26-18(25-15)24-13-4-2-12(3-5-13)16-8-23-10-29-16/h2-5,8,10H,6-7,9H2,1H3,(H,24,25,26). The molecule has 0 unspecified atom stereocenters. The molecule has 1 aromatic carbocycles. The molecule has 0 bridgehead atoms. The highest BCUT2D eigenvalue weighted by Crippen LogP contribution is 2.35. The Morgan fingerprint density at radius 2 is 1.97 bits per heavy atom. The van der Waals surface area contributed by atoms with Gasteiger partial charge in [-0.1, -0.05) is 0 Å². The Morgan fingerprint density at radius 1 is 1.21 bits per heavy atom. The summed E-state index contributed by atoms with van der Waals surface area (Å²) in [6.45, 7) is 1.51. The SMILES string of the molecule is CC(=O)N1CCc2nc(Nc3ccc(-c4cnco4)cc3)nc(C(F)(F)F)c2C1. The van der Waals surface area contributed by atoms with Crippen LogP contribution in [0, 0.1) is 0 Å². The minimum Gasteiger partial charge on any atom is -0.444 e. The smallest absolute Gasteiger partial charge is 0.433 e. The number of carbonyl (C=O) groups excluding carboxylic acids is 1. The molecule has 0 atom stereocenters. The number of fused-ring (bicyclic) bond motifs is 1. The summed E-state index contributed by atoms with van der Waals surface area (Å²) in [5.41, 5.74) is 0.534. The number of halogens is 3. The predicted molar refractivity (Wildman–Crippen MR) is 97.1 cm³/mol. The summed E-state index contributed by atoms with van der Waals surface area (Å²) < 4.78 is 46.0. The van der Waals surface area contributed by atoms with Gasteiger partial charge in [-0.05, 0) is 24.3 Å². The molecule has 1 N–H and O–H groups in total. The van der Waals surface area contributed by atoms with Crippen molar-refractivity contribution < 1.29 is 22.4 Å². The van der Waals surface area contributed by atoms with Crippen LogP contribution >= 0.6 is 0 Å². The highest BCUT2D eigenvalue weighted by atomic mass is 19.4. The summed E-state index contributed by atoms with van der Waals surface area (Å²) in [6.07, 6.45) is -1.54. The van der Waals surface area contributed by atoms with Crippen LogP contribution in [-0.4, -0.2) is 32.3 Å². The normalized spacial score (nSPS) is 13.9. The molecule has 0 aliphatic carbocycles. The maximum absolute atomic E-state index is 13.6. The zero-order valence-electron chi connectivity index (χ0n) is 15.3. The van der Waals surface area contributed by atoms with E-state index in [9.17, 15) is 18.0 Å². The Balaban J connectivity index is 1.64. The summed E-state index contributed by atoms with van der Waals surface area (Å²) in [4.78, 5) is 24.7. The molecule has 10 heteroatoms. The van der Waals surface area contributed by atoms with Gasteiger partial charge in [0.25, 0.3) is 0 Å². The fourth-order valence-electron chi connectivity index (χ4n) is 3.18. The molecule has 3 heterocycles. The Morgan fingerprint density at radius 3 is 2.59 bits per heavy atom. The number of anilines is 2. The van der Waals surface area contributed by atoms with Gasteiger partial charge in [0.1, 0.15) is 0 Å². The first kappa shape index (κ1) is 18.9. The van der Waals surface area contributed by atoms with Gasteiger partial charge >= 0.3 is 6.18 Å². The molecule has 0 fully saturated rings. The Bertz CT molecular complexity index is 1030. The first-order valence-electron chi connectivity index (χ1n) is 8.79. The second-order valence-electron chi connectivity index (χ2n) is 6.58. The lowest BCUT2D eigenvalue weighted by molar-refractivity contribution is -0.143. The Labute approximate surface area is 163 Å². The van der Waals surface area contributed by atoms with Gasteiger partial charge in [0.05, 0.1) is 11.9 Å². The van der Waals surface area contributed by atoms with Gasteiger partial charge in [-0.2, -0.15) is 13.2 Å². The van der Waals surface area contributed by atoms with Gasteiger partial charge in [0, 0.05) is 43.2 Å². The lowest BCUT2D eigenvalue weighted by Gasteiger charge is -2.29. The number of amides is 1. The zero-order chi connectivity index (χ0) is 20.6. The lowest BCUT2D eigenvalue weighted by atomic mass is 10.0. The molecule has 1 aliphatic rings. The van der Waals surface area contributed by atoms with Crippen molar-refractivity contribution in [3.8, 4) is 11.3 Å². The summed E-state index contributed by atoms with van der Waals surface area (Å²) >= 11 is 0.